The number of aryl methyl sites for hydroxylation is 1. The van der Waals surface area contributed by atoms with E-state index in [0.29, 0.717) is 18.5 Å². The van der Waals surface area contributed by atoms with E-state index in [2.05, 4.69) is 52.1 Å². The molecule has 3 nitrogen and oxygen atoms in total. The molecular weight excluding hydrogens is 397 g/mol. The van der Waals surface area contributed by atoms with Gasteiger partial charge in [-0.1, -0.05) is 36.4 Å². The number of halogens is 1. The van der Waals surface area contributed by atoms with E-state index in [9.17, 15) is 4.39 Å². The van der Waals surface area contributed by atoms with Crippen LogP contribution in [0.15, 0.2) is 60.8 Å². The maximum absolute atomic E-state index is 14.0. The fraction of sp³-hybridized carbons (Fsp3) is 0.357. The van der Waals surface area contributed by atoms with Crippen LogP contribution in [0.25, 0.3) is 21.7 Å². The van der Waals surface area contributed by atoms with Crippen LogP contribution in [-0.2, 0) is 13.0 Å². The molecule has 0 bridgehead atoms. The number of hydrogen-bond acceptors (Lipinski definition) is 2. The van der Waals surface area contributed by atoms with Crippen LogP contribution in [0, 0.1) is 5.82 Å². The first kappa shape index (κ1) is 20.0. The van der Waals surface area contributed by atoms with Gasteiger partial charge in [0.1, 0.15) is 5.82 Å². The highest BCUT2D eigenvalue weighted by atomic mass is 19.1. The zero-order chi connectivity index (χ0) is 21.7. The second-order valence-corrected chi connectivity index (χ2v) is 9.47. The maximum atomic E-state index is 14.0. The van der Waals surface area contributed by atoms with E-state index in [1.54, 1.807) is 12.1 Å². The Morgan fingerprint density at radius 2 is 1.78 bits per heavy atom. The molecule has 164 valence electrons. The monoisotopic (exact) mass is 427 g/mol. The van der Waals surface area contributed by atoms with E-state index >= 15 is 0 Å². The third kappa shape index (κ3) is 3.25. The van der Waals surface area contributed by atoms with E-state index in [1.165, 1.54) is 32.8 Å². The van der Waals surface area contributed by atoms with Crippen molar-refractivity contribution < 1.29 is 4.39 Å². The van der Waals surface area contributed by atoms with E-state index in [4.69, 9.17) is 5.73 Å². The van der Waals surface area contributed by atoms with Crippen LogP contribution in [0.4, 0.5) is 4.39 Å². The third-order valence-electron chi connectivity index (χ3n) is 7.68. The molecule has 2 N–H and O–H groups in total. The smallest absolute Gasteiger partial charge is 0.125 e. The summed E-state index contributed by atoms with van der Waals surface area (Å²) in [5.41, 5.74) is 11.1. The second-order valence-electron chi connectivity index (χ2n) is 9.47. The molecule has 0 saturated carbocycles. The van der Waals surface area contributed by atoms with Gasteiger partial charge in [0.15, 0.2) is 0 Å². The Labute approximate surface area is 188 Å². The van der Waals surface area contributed by atoms with Crippen LogP contribution in [0.1, 0.15) is 47.9 Å². The van der Waals surface area contributed by atoms with Crippen molar-refractivity contribution in [2.75, 3.05) is 19.6 Å². The van der Waals surface area contributed by atoms with Crippen molar-refractivity contribution in [1.82, 2.24) is 9.47 Å². The molecule has 1 saturated heterocycles. The van der Waals surface area contributed by atoms with Crippen molar-refractivity contribution in [3.8, 4) is 0 Å². The van der Waals surface area contributed by atoms with E-state index in [1.807, 2.05) is 6.07 Å². The molecule has 1 aliphatic carbocycles. The number of benzene rings is 3. The summed E-state index contributed by atoms with van der Waals surface area (Å²) in [6, 6.07) is 19.3. The molecule has 2 aliphatic rings. The van der Waals surface area contributed by atoms with Crippen molar-refractivity contribution in [1.29, 1.82) is 0 Å². The van der Waals surface area contributed by atoms with Crippen LogP contribution >= 0.6 is 0 Å². The normalized spacial score (nSPS) is 19.4. The van der Waals surface area contributed by atoms with Gasteiger partial charge in [-0.3, -0.25) is 4.90 Å². The molecule has 0 spiro atoms. The second kappa shape index (κ2) is 8.02. The SMILES string of the molecule is NCCCn1cc(C2CCN(C3Cc4cccc5cccc3c45)CC2)c2ccc(F)cc21. The highest BCUT2D eigenvalue weighted by Gasteiger charge is 2.32. The fourth-order valence-corrected chi connectivity index (χ4v) is 6.13. The number of aromatic nitrogens is 1. The van der Waals surface area contributed by atoms with Gasteiger partial charge in [0, 0.05) is 24.2 Å². The van der Waals surface area contributed by atoms with Crippen LogP contribution in [-0.4, -0.2) is 29.1 Å². The van der Waals surface area contributed by atoms with Gasteiger partial charge in [-0.05, 0) is 96.9 Å². The molecule has 3 aromatic carbocycles. The topological polar surface area (TPSA) is 34.2 Å². The van der Waals surface area contributed by atoms with E-state index < -0.39 is 0 Å². The number of hydrogen-bond donors (Lipinski definition) is 1. The summed E-state index contributed by atoms with van der Waals surface area (Å²) in [6.45, 7) is 3.71. The molecule has 1 atom stereocenters. The van der Waals surface area contributed by atoms with Crippen LogP contribution in [0.3, 0.4) is 0 Å². The number of rotatable bonds is 5. The summed E-state index contributed by atoms with van der Waals surface area (Å²) in [5.74, 6) is 0.360. The standard InChI is InChI=1S/C28H30FN3/c29-22-8-9-23-25(18-32(13-3-12-30)27(23)17-22)19-10-14-31(15-11-19)26-16-21-6-1-4-20-5-2-7-24(26)28(20)21/h1-2,4-9,17-19,26H,3,10-16,30H2. The fourth-order valence-electron chi connectivity index (χ4n) is 6.13. The zero-order valence-corrected chi connectivity index (χ0v) is 18.4. The lowest BCUT2D eigenvalue weighted by molar-refractivity contribution is 0.155. The molecule has 6 rings (SSSR count). The number of piperidine rings is 1. The lowest BCUT2D eigenvalue weighted by Gasteiger charge is -2.36. The molecule has 0 amide bonds. The number of likely N-dealkylation sites (tertiary alicyclic amines) is 1. The van der Waals surface area contributed by atoms with Gasteiger partial charge in [-0.2, -0.15) is 0 Å². The number of nitrogens with zero attached hydrogens (tertiary/aromatic N) is 2. The first-order valence-corrected chi connectivity index (χ1v) is 12.0. The highest BCUT2D eigenvalue weighted by Crippen LogP contribution is 2.43. The molecule has 1 aromatic heterocycles. The van der Waals surface area contributed by atoms with Crippen molar-refractivity contribution in [2.24, 2.45) is 5.73 Å². The third-order valence-corrected chi connectivity index (χ3v) is 7.68. The minimum Gasteiger partial charge on any atom is -0.347 e. The van der Waals surface area contributed by atoms with Gasteiger partial charge in [-0.25, -0.2) is 4.39 Å². The summed E-state index contributed by atoms with van der Waals surface area (Å²) in [4.78, 5) is 2.69. The van der Waals surface area contributed by atoms with Crippen molar-refractivity contribution in [3.05, 3.63) is 83.3 Å². The zero-order valence-electron chi connectivity index (χ0n) is 18.4. The molecule has 0 radical (unpaired) electrons. The summed E-state index contributed by atoms with van der Waals surface area (Å²) in [6.07, 6.45) is 6.60. The maximum Gasteiger partial charge on any atom is 0.125 e. The highest BCUT2D eigenvalue weighted by molar-refractivity contribution is 5.91. The summed E-state index contributed by atoms with van der Waals surface area (Å²) < 4.78 is 16.2. The minimum absolute atomic E-state index is 0.166. The minimum atomic E-state index is -0.166. The quantitative estimate of drug-likeness (QED) is 0.439. The van der Waals surface area contributed by atoms with Gasteiger partial charge >= 0.3 is 0 Å². The van der Waals surface area contributed by atoms with Crippen molar-refractivity contribution >= 4 is 21.7 Å². The Kier molecular flexibility index (Phi) is 5.00. The molecule has 1 unspecified atom stereocenters. The Morgan fingerprint density at radius 3 is 2.59 bits per heavy atom. The molecule has 32 heavy (non-hydrogen) atoms. The lowest BCUT2D eigenvalue weighted by atomic mass is 9.88. The Balaban J connectivity index is 1.24. The predicted octanol–water partition coefficient (Wildman–Crippen LogP) is 5.76. The van der Waals surface area contributed by atoms with Gasteiger partial charge in [0.25, 0.3) is 0 Å². The molecular formula is C28H30FN3. The molecule has 2 heterocycles. The number of nitrogens with two attached hydrogens (primary N) is 1. The molecule has 1 aliphatic heterocycles. The van der Waals surface area contributed by atoms with Gasteiger partial charge in [-0.15, -0.1) is 0 Å². The summed E-state index contributed by atoms with van der Waals surface area (Å²) >= 11 is 0. The van der Waals surface area contributed by atoms with Crippen molar-refractivity contribution in [3.63, 3.8) is 0 Å². The average Bonchev–Trinajstić information content (AvgIpc) is 3.38. The van der Waals surface area contributed by atoms with Crippen LogP contribution in [0.5, 0.6) is 0 Å². The van der Waals surface area contributed by atoms with E-state index in [0.717, 1.165) is 50.8 Å². The molecule has 4 aromatic rings. The summed E-state index contributed by atoms with van der Waals surface area (Å²) in [5, 5.41) is 4.06. The number of fused-ring (bicyclic) bond motifs is 1. The van der Waals surface area contributed by atoms with E-state index in [-0.39, 0.29) is 5.82 Å². The Hall–Kier alpha value is -2.69. The van der Waals surface area contributed by atoms with Gasteiger partial charge < -0.3 is 10.3 Å². The predicted molar refractivity (Wildman–Crippen MR) is 130 cm³/mol. The average molecular weight is 428 g/mol. The van der Waals surface area contributed by atoms with Crippen LogP contribution in [0.2, 0.25) is 0 Å². The summed E-state index contributed by atoms with van der Waals surface area (Å²) in [7, 11) is 0. The largest absolute Gasteiger partial charge is 0.347 e. The van der Waals surface area contributed by atoms with Crippen molar-refractivity contribution in [2.45, 2.75) is 44.2 Å². The van der Waals surface area contributed by atoms with Crippen LogP contribution < -0.4 is 5.73 Å². The molecule has 4 heteroatoms. The Morgan fingerprint density at radius 1 is 0.969 bits per heavy atom. The first-order valence-electron chi connectivity index (χ1n) is 12.0. The van der Waals surface area contributed by atoms with Gasteiger partial charge in [0.05, 0.1) is 5.52 Å². The Bertz CT molecular complexity index is 1280. The first-order chi connectivity index (χ1) is 15.7. The lowest BCUT2D eigenvalue weighted by Crippen LogP contribution is -2.36. The van der Waals surface area contributed by atoms with Gasteiger partial charge in [0.2, 0.25) is 0 Å². The molecule has 1 fully saturated rings.